The molecule has 0 radical (unpaired) electrons. The largest absolute Gasteiger partial charge is 0.457 e. The van der Waals surface area contributed by atoms with E-state index in [4.69, 9.17) is 9.47 Å². The van der Waals surface area contributed by atoms with E-state index in [0.717, 1.165) is 29.3 Å². The van der Waals surface area contributed by atoms with E-state index in [2.05, 4.69) is 13.5 Å². The summed E-state index contributed by atoms with van der Waals surface area (Å²) < 4.78 is 52.6. The summed E-state index contributed by atoms with van der Waals surface area (Å²) in [4.78, 5) is 12.0. The van der Waals surface area contributed by atoms with Gasteiger partial charge in [0.05, 0.1) is 5.56 Å². The Morgan fingerprint density at radius 1 is 1.09 bits per heavy atom. The van der Waals surface area contributed by atoms with Gasteiger partial charge < -0.3 is 9.47 Å². The number of fused-ring (bicyclic) bond motifs is 1. The van der Waals surface area contributed by atoms with Gasteiger partial charge in [-0.2, -0.15) is 13.2 Å². The molecule has 2 aromatic carbocycles. The van der Waals surface area contributed by atoms with Crippen LogP contribution in [-0.4, -0.2) is 12.8 Å². The second-order valence-corrected chi connectivity index (χ2v) is 8.70. The lowest BCUT2D eigenvalue weighted by atomic mass is 9.98. The molecule has 0 aliphatic rings. The van der Waals surface area contributed by atoms with Crippen molar-refractivity contribution in [2.75, 3.05) is 6.79 Å². The average molecular weight is 463 g/mol. The van der Waals surface area contributed by atoms with E-state index in [-0.39, 0.29) is 17.9 Å². The molecule has 0 amide bonds. The van der Waals surface area contributed by atoms with Crippen LogP contribution >= 0.6 is 11.3 Å². The predicted octanol–water partition coefficient (Wildman–Crippen LogP) is 7.78. The first kappa shape index (κ1) is 23.9. The van der Waals surface area contributed by atoms with E-state index in [9.17, 15) is 18.0 Å². The number of alkyl halides is 3. The topological polar surface area (TPSA) is 35.5 Å². The summed E-state index contributed by atoms with van der Waals surface area (Å²) in [5.74, 6) is -0.0926. The first-order chi connectivity index (χ1) is 15.2. The zero-order valence-electron chi connectivity index (χ0n) is 18.1. The Hall–Kier alpha value is -2.80. The summed E-state index contributed by atoms with van der Waals surface area (Å²) in [6.07, 6.45) is -0.904. The minimum atomic E-state index is -4.44. The van der Waals surface area contributed by atoms with Crippen molar-refractivity contribution in [1.29, 1.82) is 0 Å². The number of thiophene rings is 1. The Morgan fingerprint density at radius 2 is 1.88 bits per heavy atom. The predicted molar refractivity (Wildman–Crippen MR) is 122 cm³/mol. The molecule has 3 aromatic rings. The number of ether oxygens (including phenoxy) is 2. The molecule has 0 unspecified atom stereocenters. The normalized spacial score (nSPS) is 11.5. The molecular formula is C25H25F3O3S. The zero-order chi connectivity index (χ0) is 23.3. The molecule has 7 heteroatoms. The molecular weight excluding hydrogens is 437 g/mol. The SMILES string of the molecule is C=C(C)C(=O)OCOc1ccc2cc(-c3ccc(CCCCC)cc3C(F)(F)F)sc2c1. The van der Waals surface area contributed by atoms with Gasteiger partial charge in [-0.25, -0.2) is 4.79 Å². The molecule has 0 spiro atoms. The Morgan fingerprint density at radius 3 is 2.56 bits per heavy atom. The van der Waals surface area contributed by atoms with E-state index in [1.165, 1.54) is 24.3 Å². The van der Waals surface area contributed by atoms with Crippen molar-refractivity contribution in [3.8, 4) is 16.2 Å². The summed E-state index contributed by atoms with van der Waals surface area (Å²) in [6.45, 7) is 6.82. The van der Waals surface area contributed by atoms with Crippen molar-refractivity contribution < 1.29 is 27.4 Å². The van der Waals surface area contributed by atoms with Gasteiger partial charge in [0.2, 0.25) is 6.79 Å². The van der Waals surface area contributed by atoms with Crippen molar-refractivity contribution in [2.24, 2.45) is 0 Å². The maximum atomic E-state index is 13.8. The summed E-state index contributed by atoms with van der Waals surface area (Å²) >= 11 is 1.26. The van der Waals surface area contributed by atoms with Crippen LogP contribution in [0.2, 0.25) is 0 Å². The molecule has 0 fully saturated rings. The van der Waals surface area contributed by atoms with Crippen LogP contribution in [0.25, 0.3) is 20.5 Å². The van der Waals surface area contributed by atoms with Crippen LogP contribution in [0.1, 0.15) is 44.2 Å². The van der Waals surface area contributed by atoms with E-state index >= 15 is 0 Å². The van der Waals surface area contributed by atoms with Crippen LogP contribution in [0, 0.1) is 0 Å². The fourth-order valence-corrected chi connectivity index (χ4v) is 4.41. The van der Waals surface area contributed by atoms with Gasteiger partial charge in [0.1, 0.15) is 5.75 Å². The smallest absolute Gasteiger partial charge is 0.417 e. The Bertz CT molecular complexity index is 1120. The molecule has 0 aliphatic heterocycles. The molecule has 0 aliphatic carbocycles. The molecule has 0 saturated carbocycles. The second-order valence-electron chi connectivity index (χ2n) is 7.62. The first-order valence-electron chi connectivity index (χ1n) is 10.4. The standard InChI is InChI=1S/C25H25F3O3S/c1-4-5-6-7-17-8-11-20(21(12-17)25(26,27)28)23-13-18-9-10-19(14-22(18)32-23)30-15-31-24(29)16(2)3/h8-14H,2,4-7,15H2,1,3H3. The van der Waals surface area contributed by atoms with E-state index in [1.54, 1.807) is 36.4 Å². The number of aryl methyl sites for hydroxylation is 1. The number of halogens is 3. The number of benzene rings is 2. The number of rotatable bonds is 9. The molecule has 0 saturated heterocycles. The van der Waals surface area contributed by atoms with Crippen LogP contribution in [0.4, 0.5) is 13.2 Å². The molecule has 0 N–H and O–H groups in total. The maximum absolute atomic E-state index is 13.8. The van der Waals surface area contributed by atoms with Gasteiger partial charge in [-0.3, -0.25) is 0 Å². The third-order valence-corrected chi connectivity index (χ3v) is 6.11. The highest BCUT2D eigenvalue weighted by molar-refractivity contribution is 7.22. The minimum Gasteiger partial charge on any atom is -0.457 e. The summed E-state index contributed by atoms with van der Waals surface area (Å²) in [7, 11) is 0. The molecule has 3 rings (SSSR count). The van der Waals surface area contributed by atoms with Crippen molar-refractivity contribution in [1.82, 2.24) is 0 Å². The summed E-state index contributed by atoms with van der Waals surface area (Å²) in [5.41, 5.74) is 0.538. The van der Waals surface area contributed by atoms with Gasteiger partial charge >= 0.3 is 12.1 Å². The Balaban J connectivity index is 1.85. The molecule has 0 bridgehead atoms. The quantitative estimate of drug-likeness (QED) is 0.141. The monoisotopic (exact) mass is 462 g/mol. The molecule has 170 valence electrons. The van der Waals surface area contributed by atoms with Crippen LogP contribution in [0.5, 0.6) is 5.75 Å². The number of carbonyl (C=O) groups is 1. The molecule has 1 aromatic heterocycles. The fraction of sp³-hybridized carbons (Fsp3) is 0.320. The van der Waals surface area contributed by atoms with Gasteiger partial charge in [0.15, 0.2) is 0 Å². The van der Waals surface area contributed by atoms with Gasteiger partial charge in [-0.15, -0.1) is 11.3 Å². The van der Waals surface area contributed by atoms with Crippen molar-refractivity contribution >= 4 is 27.4 Å². The molecule has 0 atom stereocenters. The first-order valence-corrected chi connectivity index (χ1v) is 11.2. The Labute approximate surface area is 189 Å². The minimum absolute atomic E-state index is 0.177. The molecule has 3 nitrogen and oxygen atoms in total. The van der Waals surface area contributed by atoms with E-state index in [0.29, 0.717) is 22.6 Å². The van der Waals surface area contributed by atoms with Gasteiger partial charge in [-0.1, -0.05) is 38.5 Å². The van der Waals surface area contributed by atoms with Gasteiger partial charge in [-0.05, 0) is 61.0 Å². The summed E-state index contributed by atoms with van der Waals surface area (Å²) in [6, 6.07) is 11.6. The number of unbranched alkanes of at least 4 members (excludes halogenated alkanes) is 2. The van der Waals surface area contributed by atoms with Crippen LogP contribution in [-0.2, 0) is 22.1 Å². The third-order valence-electron chi connectivity index (χ3n) is 4.98. The van der Waals surface area contributed by atoms with Gasteiger partial charge in [0, 0.05) is 20.7 Å². The second kappa shape index (κ2) is 10.2. The highest BCUT2D eigenvalue weighted by atomic mass is 32.1. The fourth-order valence-electron chi connectivity index (χ4n) is 3.28. The summed E-state index contributed by atoms with van der Waals surface area (Å²) in [5, 5.41) is 0.816. The lowest BCUT2D eigenvalue weighted by molar-refractivity contribution is -0.145. The number of hydrogen-bond acceptors (Lipinski definition) is 4. The number of esters is 1. The maximum Gasteiger partial charge on any atom is 0.417 e. The van der Waals surface area contributed by atoms with Crippen molar-refractivity contribution in [3.63, 3.8) is 0 Å². The highest BCUT2D eigenvalue weighted by Crippen LogP contribution is 2.42. The highest BCUT2D eigenvalue weighted by Gasteiger charge is 2.34. The van der Waals surface area contributed by atoms with E-state index < -0.39 is 17.7 Å². The van der Waals surface area contributed by atoms with Gasteiger partial charge in [0.25, 0.3) is 0 Å². The van der Waals surface area contributed by atoms with Crippen molar-refractivity contribution in [2.45, 2.75) is 45.7 Å². The lowest BCUT2D eigenvalue weighted by Gasteiger charge is -2.14. The lowest BCUT2D eigenvalue weighted by Crippen LogP contribution is -2.10. The van der Waals surface area contributed by atoms with Crippen molar-refractivity contribution in [3.05, 3.63) is 65.7 Å². The molecule has 32 heavy (non-hydrogen) atoms. The van der Waals surface area contributed by atoms with Crippen LogP contribution < -0.4 is 4.74 Å². The molecule has 1 heterocycles. The van der Waals surface area contributed by atoms with E-state index in [1.807, 2.05) is 0 Å². The zero-order valence-corrected chi connectivity index (χ0v) is 18.9. The number of hydrogen-bond donors (Lipinski definition) is 0. The number of carbonyl (C=O) groups excluding carboxylic acids is 1. The van der Waals surface area contributed by atoms with Crippen LogP contribution in [0.3, 0.4) is 0 Å². The average Bonchev–Trinajstić information content (AvgIpc) is 3.16. The van der Waals surface area contributed by atoms with Crippen LogP contribution in [0.15, 0.2) is 54.6 Å². The Kier molecular flexibility index (Phi) is 7.61. The third kappa shape index (κ3) is 5.91.